The smallest absolute Gasteiger partial charge is 0.325 e. The summed E-state index contributed by atoms with van der Waals surface area (Å²) in [5.74, 6) is 1.76. The molecule has 9 heteroatoms. The molecule has 3 heterocycles. The number of anilines is 1. The van der Waals surface area contributed by atoms with E-state index in [0.717, 1.165) is 29.3 Å². The highest BCUT2D eigenvalue weighted by Gasteiger charge is 2.28. The third-order valence-corrected chi connectivity index (χ3v) is 7.07. The van der Waals surface area contributed by atoms with Gasteiger partial charge in [-0.2, -0.15) is 0 Å². The summed E-state index contributed by atoms with van der Waals surface area (Å²) >= 11 is 1.83. The molecule has 1 fully saturated rings. The van der Waals surface area contributed by atoms with Gasteiger partial charge in [0, 0.05) is 37.0 Å². The van der Waals surface area contributed by atoms with E-state index < -0.39 is 5.97 Å². The topological polar surface area (TPSA) is 87.7 Å². The van der Waals surface area contributed by atoms with Gasteiger partial charge in [-0.05, 0) is 38.2 Å². The molecule has 2 aliphatic rings. The Morgan fingerprint density at radius 2 is 1.87 bits per heavy atom. The number of nitrogens with one attached hydrogen (secondary N) is 1. The normalized spacial score (nSPS) is 16.5. The minimum absolute atomic E-state index is 0.0990. The van der Waals surface area contributed by atoms with Gasteiger partial charge in [-0.15, -0.1) is 11.3 Å². The monoisotopic (exact) mass is 445 g/mol. The Morgan fingerprint density at radius 1 is 1.13 bits per heavy atom. The molecule has 0 bridgehead atoms. The lowest BCUT2D eigenvalue weighted by atomic mass is 9.96. The van der Waals surface area contributed by atoms with Crippen molar-refractivity contribution in [1.29, 1.82) is 0 Å². The van der Waals surface area contributed by atoms with Crippen molar-refractivity contribution in [1.82, 2.24) is 20.2 Å². The summed E-state index contributed by atoms with van der Waals surface area (Å²) in [5.41, 5.74) is 1.44. The van der Waals surface area contributed by atoms with Crippen LogP contribution in [-0.2, 0) is 22.4 Å². The predicted octanol–water partition coefficient (Wildman–Crippen LogP) is 3.09. The highest BCUT2D eigenvalue weighted by Crippen LogP contribution is 2.40. The van der Waals surface area contributed by atoms with Crippen LogP contribution in [-0.4, -0.2) is 66.2 Å². The van der Waals surface area contributed by atoms with Crippen LogP contribution in [0.3, 0.4) is 0 Å². The summed E-state index contributed by atoms with van der Waals surface area (Å²) in [6.45, 7) is 8.81. The second-order valence-corrected chi connectivity index (χ2v) is 9.47. The minimum atomic E-state index is -0.415. The summed E-state index contributed by atoms with van der Waals surface area (Å²) in [4.78, 5) is 40.4. The second kappa shape index (κ2) is 9.38. The third kappa shape index (κ3) is 4.61. The number of thiophene rings is 1. The first-order chi connectivity index (χ1) is 15.0. The van der Waals surface area contributed by atoms with Crippen LogP contribution in [0.4, 0.5) is 10.6 Å². The van der Waals surface area contributed by atoms with Gasteiger partial charge in [0.15, 0.2) is 0 Å². The van der Waals surface area contributed by atoms with Gasteiger partial charge in [0.05, 0.1) is 12.0 Å². The van der Waals surface area contributed by atoms with Gasteiger partial charge in [-0.25, -0.2) is 14.8 Å². The maximum Gasteiger partial charge on any atom is 0.325 e. The number of aromatic nitrogens is 2. The van der Waals surface area contributed by atoms with Gasteiger partial charge in [-0.3, -0.25) is 4.79 Å². The molecule has 1 aliphatic carbocycles. The standard InChI is InChI=1S/C22H31N5O3S/c1-4-30-17(28)13-23-22(29)27-11-9-26(10-12-27)20-18-15-7-5-6-8-16(15)31-21(18)25-19(24-20)14(2)3/h14H,4-13H2,1-3H3,(H,23,29). The highest BCUT2D eigenvalue weighted by atomic mass is 32.1. The maximum atomic E-state index is 12.4. The van der Waals surface area contributed by atoms with Gasteiger partial charge >= 0.3 is 12.0 Å². The highest BCUT2D eigenvalue weighted by molar-refractivity contribution is 7.19. The van der Waals surface area contributed by atoms with Crippen LogP contribution in [0.15, 0.2) is 0 Å². The molecule has 1 saturated heterocycles. The van der Waals surface area contributed by atoms with Gasteiger partial charge in [-0.1, -0.05) is 13.8 Å². The number of hydrogen-bond donors (Lipinski definition) is 1. The Hall–Kier alpha value is -2.42. The lowest BCUT2D eigenvalue weighted by molar-refractivity contribution is -0.141. The average molecular weight is 446 g/mol. The Kier molecular flexibility index (Phi) is 6.60. The molecular weight excluding hydrogens is 414 g/mol. The van der Waals surface area contributed by atoms with Gasteiger partial charge in [0.25, 0.3) is 0 Å². The number of nitrogens with zero attached hydrogens (tertiary/aromatic N) is 4. The zero-order valence-corrected chi connectivity index (χ0v) is 19.4. The number of carbonyl (C=O) groups excluding carboxylic acids is 2. The molecule has 0 atom stereocenters. The molecule has 0 aromatic carbocycles. The third-order valence-electron chi connectivity index (χ3n) is 5.88. The van der Waals surface area contributed by atoms with Gasteiger partial charge in [0.1, 0.15) is 23.0 Å². The van der Waals surface area contributed by atoms with Gasteiger partial charge in [0.2, 0.25) is 0 Å². The number of hydrogen-bond acceptors (Lipinski definition) is 7. The number of fused-ring (bicyclic) bond motifs is 3. The van der Waals surface area contributed by atoms with E-state index in [1.54, 1.807) is 11.8 Å². The summed E-state index contributed by atoms with van der Waals surface area (Å²) in [6.07, 6.45) is 4.71. The van der Waals surface area contributed by atoms with Crippen molar-refractivity contribution in [2.45, 2.75) is 52.4 Å². The van der Waals surface area contributed by atoms with E-state index in [2.05, 4.69) is 24.1 Å². The number of esters is 1. The molecule has 2 aromatic heterocycles. The fourth-order valence-corrected chi connectivity index (χ4v) is 5.50. The summed E-state index contributed by atoms with van der Waals surface area (Å²) in [6, 6.07) is -0.226. The van der Waals surface area contributed by atoms with E-state index in [9.17, 15) is 9.59 Å². The molecule has 31 heavy (non-hydrogen) atoms. The Bertz CT molecular complexity index is 966. The van der Waals surface area contributed by atoms with E-state index in [1.165, 1.54) is 28.7 Å². The molecule has 168 valence electrons. The minimum Gasteiger partial charge on any atom is -0.465 e. The lowest BCUT2D eigenvalue weighted by Crippen LogP contribution is -2.52. The summed E-state index contributed by atoms with van der Waals surface area (Å²) < 4.78 is 4.87. The van der Waals surface area contributed by atoms with E-state index >= 15 is 0 Å². The van der Waals surface area contributed by atoms with E-state index in [-0.39, 0.29) is 18.5 Å². The van der Waals surface area contributed by atoms with Crippen LogP contribution >= 0.6 is 11.3 Å². The average Bonchev–Trinajstić information content (AvgIpc) is 3.15. The largest absolute Gasteiger partial charge is 0.465 e. The lowest BCUT2D eigenvalue weighted by Gasteiger charge is -2.36. The van der Waals surface area contributed by atoms with Crippen molar-refractivity contribution in [2.24, 2.45) is 0 Å². The van der Waals surface area contributed by atoms with Crippen LogP contribution in [0.1, 0.15) is 55.8 Å². The molecular formula is C22H31N5O3S. The molecule has 0 unspecified atom stereocenters. The summed E-state index contributed by atoms with van der Waals surface area (Å²) in [5, 5.41) is 3.88. The van der Waals surface area contributed by atoms with E-state index in [0.29, 0.717) is 32.8 Å². The zero-order valence-electron chi connectivity index (χ0n) is 18.6. The Morgan fingerprint density at radius 3 is 2.58 bits per heavy atom. The number of rotatable bonds is 5. The fourth-order valence-electron chi connectivity index (χ4n) is 4.23. The molecule has 4 rings (SSSR count). The molecule has 2 amide bonds. The SMILES string of the molecule is CCOC(=O)CNC(=O)N1CCN(c2nc(C(C)C)nc3sc4c(c23)CCCC4)CC1. The second-order valence-electron chi connectivity index (χ2n) is 8.39. The number of urea groups is 1. The van der Waals surface area contributed by atoms with Crippen LogP contribution in [0, 0.1) is 0 Å². The van der Waals surface area contributed by atoms with Crippen molar-refractivity contribution in [3.05, 3.63) is 16.3 Å². The first kappa shape index (κ1) is 21.8. The van der Waals surface area contributed by atoms with Gasteiger partial charge < -0.3 is 19.9 Å². The number of amides is 2. The van der Waals surface area contributed by atoms with Crippen molar-refractivity contribution in [3.8, 4) is 0 Å². The number of piperazine rings is 1. The van der Waals surface area contributed by atoms with Crippen molar-refractivity contribution < 1.29 is 14.3 Å². The molecule has 1 N–H and O–H groups in total. The van der Waals surface area contributed by atoms with E-state index in [4.69, 9.17) is 14.7 Å². The first-order valence-electron chi connectivity index (χ1n) is 11.2. The molecule has 0 saturated carbocycles. The molecule has 8 nitrogen and oxygen atoms in total. The van der Waals surface area contributed by atoms with E-state index in [1.807, 2.05) is 11.3 Å². The number of ether oxygens (including phenoxy) is 1. The Labute approximate surface area is 187 Å². The maximum absolute atomic E-state index is 12.4. The predicted molar refractivity (Wildman–Crippen MR) is 122 cm³/mol. The summed E-state index contributed by atoms with van der Waals surface area (Å²) in [7, 11) is 0. The molecule has 0 radical (unpaired) electrons. The molecule has 2 aromatic rings. The zero-order chi connectivity index (χ0) is 22.0. The van der Waals surface area contributed by atoms with Crippen molar-refractivity contribution in [3.63, 3.8) is 0 Å². The number of carbonyl (C=O) groups is 2. The molecule has 0 spiro atoms. The first-order valence-corrected chi connectivity index (χ1v) is 12.0. The quantitative estimate of drug-likeness (QED) is 0.712. The molecule has 1 aliphatic heterocycles. The Balaban J connectivity index is 1.51. The van der Waals surface area contributed by atoms with Crippen LogP contribution < -0.4 is 10.2 Å². The van der Waals surface area contributed by atoms with Crippen molar-refractivity contribution >= 4 is 39.4 Å². The fraction of sp³-hybridized carbons (Fsp3) is 0.636. The van der Waals surface area contributed by atoms with Crippen molar-refractivity contribution in [2.75, 3.05) is 44.2 Å². The van der Waals surface area contributed by atoms with Crippen LogP contribution in [0.25, 0.3) is 10.2 Å². The van der Waals surface area contributed by atoms with Crippen LogP contribution in [0.5, 0.6) is 0 Å². The van der Waals surface area contributed by atoms with Crippen LogP contribution in [0.2, 0.25) is 0 Å². The number of aryl methyl sites for hydroxylation is 2.